The molecule has 0 radical (unpaired) electrons. The summed E-state index contributed by atoms with van der Waals surface area (Å²) in [7, 11) is 1.59. The van der Waals surface area contributed by atoms with E-state index in [2.05, 4.69) is 0 Å². The van der Waals surface area contributed by atoms with Crippen LogP contribution in [0.25, 0.3) is 0 Å². The zero-order chi connectivity index (χ0) is 23.2. The Kier molecular flexibility index (Phi) is 7.14. The first-order valence-corrected chi connectivity index (χ1v) is 11.4. The minimum absolute atomic E-state index is 0.0544. The van der Waals surface area contributed by atoms with Crippen LogP contribution < -0.4 is 19.1 Å². The van der Waals surface area contributed by atoms with Crippen molar-refractivity contribution >= 4 is 28.9 Å². The normalized spacial score (nSPS) is 12.2. The number of anilines is 1. The predicted octanol–water partition coefficient (Wildman–Crippen LogP) is 4.16. The van der Waals surface area contributed by atoms with E-state index in [4.69, 9.17) is 18.9 Å². The first kappa shape index (κ1) is 22.7. The molecule has 0 N–H and O–H groups in total. The average Bonchev–Trinajstić information content (AvgIpc) is 3.35. The van der Waals surface area contributed by atoms with Crippen molar-refractivity contribution in [1.29, 1.82) is 0 Å². The van der Waals surface area contributed by atoms with Crippen molar-refractivity contribution in [3.8, 4) is 17.2 Å². The number of aryl methyl sites for hydroxylation is 1. The standard InChI is InChI=1S/C25H25NO6S/c1-17-5-6-18(12-22(17)29-2)13-25(28)32-16-24(27)26(15-20-4-3-11-33-20)19-7-8-21-23(14-19)31-10-9-30-21/h3-8,11-12,14H,9-10,13,15-16H2,1-2H3. The number of benzene rings is 2. The second-order valence-electron chi connectivity index (χ2n) is 7.53. The Morgan fingerprint density at radius 3 is 2.64 bits per heavy atom. The highest BCUT2D eigenvalue weighted by Crippen LogP contribution is 2.34. The zero-order valence-corrected chi connectivity index (χ0v) is 19.4. The van der Waals surface area contributed by atoms with E-state index in [1.807, 2.05) is 36.6 Å². The first-order chi connectivity index (χ1) is 16.0. The number of thiophene rings is 1. The number of esters is 1. The molecule has 1 amide bonds. The Morgan fingerprint density at radius 2 is 1.88 bits per heavy atom. The molecular weight excluding hydrogens is 442 g/mol. The largest absolute Gasteiger partial charge is 0.496 e. The van der Waals surface area contributed by atoms with Crippen LogP contribution in [0.15, 0.2) is 53.9 Å². The summed E-state index contributed by atoms with van der Waals surface area (Å²) in [5, 5.41) is 1.96. The quantitative estimate of drug-likeness (QED) is 0.463. The summed E-state index contributed by atoms with van der Waals surface area (Å²) < 4.78 is 21.9. The fraction of sp³-hybridized carbons (Fsp3) is 0.280. The minimum atomic E-state index is -0.479. The van der Waals surface area contributed by atoms with Gasteiger partial charge in [0.1, 0.15) is 19.0 Å². The zero-order valence-electron chi connectivity index (χ0n) is 18.5. The topological polar surface area (TPSA) is 74.3 Å². The summed E-state index contributed by atoms with van der Waals surface area (Å²) in [5.74, 6) is 1.14. The van der Waals surface area contributed by atoms with Crippen LogP contribution in [0.5, 0.6) is 17.2 Å². The molecule has 7 nitrogen and oxygen atoms in total. The van der Waals surface area contributed by atoms with E-state index >= 15 is 0 Å². The van der Waals surface area contributed by atoms with Crippen molar-refractivity contribution < 1.29 is 28.5 Å². The van der Waals surface area contributed by atoms with Gasteiger partial charge in [0.05, 0.1) is 20.1 Å². The second kappa shape index (κ2) is 10.4. The van der Waals surface area contributed by atoms with Crippen LogP contribution in [0, 0.1) is 6.92 Å². The smallest absolute Gasteiger partial charge is 0.310 e. The first-order valence-electron chi connectivity index (χ1n) is 10.5. The van der Waals surface area contributed by atoms with Gasteiger partial charge < -0.3 is 23.8 Å². The van der Waals surface area contributed by atoms with Crippen LogP contribution in [0.2, 0.25) is 0 Å². The highest BCUT2D eigenvalue weighted by molar-refractivity contribution is 7.09. The Balaban J connectivity index is 1.44. The molecule has 172 valence electrons. The van der Waals surface area contributed by atoms with Gasteiger partial charge in [-0.1, -0.05) is 18.2 Å². The van der Waals surface area contributed by atoms with E-state index in [1.54, 1.807) is 47.6 Å². The van der Waals surface area contributed by atoms with Crippen LogP contribution in [0.4, 0.5) is 5.69 Å². The molecule has 1 aromatic heterocycles. The van der Waals surface area contributed by atoms with Gasteiger partial charge in [-0.3, -0.25) is 9.59 Å². The summed E-state index contributed by atoms with van der Waals surface area (Å²) in [6.07, 6.45) is 0.0544. The van der Waals surface area contributed by atoms with E-state index in [-0.39, 0.29) is 18.9 Å². The SMILES string of the molecule is COc1cc(CC(=O)OCC(=O)N(Cc2cccs2)c2ccc3c(c2)OCCO3)ccc1C. The molecule has 0 fully saturated rings. The number of fused-ring (bicyclic) bond motifs is 1. The molecule has 1 aliphatic rings. The van der Waals surface area contributed by atoms with Gasteiger partial charge in [0.25, 0.3) is 5.91 Å². The number of methoxy groups -OCH3 is 1. The molecule has 33 heavy (non-hydrogen) atoms. The molecule has 3 aromatic rings. The molecule has 1 aliphatic heterocycles. The Labute approximate surface area is 196 Å². The average molecular weight is 468 g/mol. The summed E-state index contributed by atoms with van der Waals surface area (Å²) in [6, 6.07) is 14.8. The lowest BCUT2D eigenvalue weighted by atomic mass is 10.1. The number of amides is 1. The van der Waals surface area contributed by atoms with Crippen molar-refractivity contribution in [3.05, 3.63) is 69.9 Å². The van der Waals surface area contributed by atoms with Gasteiger partial charge in [-0.2, -0.15) is 0 Å². The maximum Gasteiger partial charge on any atom is 0.310 e. The van der Waals surface area contributed by atoms with Crippen LogP contribution >= 0.6 is 11.3 Å². The molecular formula is C25H25NO6S. The van der Waals surface area contributed by atoms with E-state index in [9.17, 15) is 9.59 Å². The number of nitrogens with zero attached hydrogens (tertiary/aromatic N) is 1. The molecule has 0 bridgehead atoms. The predicted molar refractivity (Wildman–Crippen MR) is 125 cm³/mol. The minimum Gasteiger partial charge on any atom is -0.496 e. The van der Waals surface area contributed by atoms with Gasteiger partial charge >= 0.3 is 5.97 Å². The lowest BCUT2D eigenvalue weighted by Gasteiger charge is -2.25. The number of ether oxygens (including phenoxy) is 4. The number of rotatable bonds is 8. The molecule has 0 saturated carbocycles. The van der Waals surface area contributed by atoms with Gasteiger partial charge in [-0.05, 0) is 47.7 Å². The molecule has 0 unspecified atom stereocenters. The van der Waals surface area contributed by atoms with Crippen molar-refractivity contribution in [1.82, 2.24) is 0 Å². The summed E-state index contributed by atoms with van der Waals surface area (Å²) in [5.41, 5.74) is 2.39. The lowest BCUT2D eigenvalue weighted by Crippen LogP contribution is -2.34. The van der Waals surface area contributed by atoms with Crippen molar-refractivity contribution in [3.63, 3.8) is 0 Å². The van der Waals surface area contributed by atoms with Gasteiger partial charge in [0, 0.05) is 16.6 Å². The van der Waals surface area contributed by atoms with Gasteiger partial charge in [0.15, 0.2) is 18.1 Å². The van der Waals surface area contributed by atoms with E-state index in [0.717, 1.165) is 16.0 Å². The monoisotopic (exact) mass is 467 g/mol. The second-order valence-corrected chi connectivity index (χ2v) is 8.56. The molecule has 2 aromatic carbocycles. The molecule has 0 atom stereocenters. The van der Waals surface area contributed by atoms with Crippen LogP contribution in [0.1, 0.15) is 16.0 Å². The third-order valence-corrected chi connectivity index (χ3v) is 6.07. The Hall–Kier alpha value is -3.52. The molecule has 0 saturated heterocycles. The fourth-order valence-electron chi connectivity index (χ4n) is 3.49. The Morgan fingerprint density at radius 1 is 1.06 bits per heavy atom. The van der Waals surface area contributed by atoms with Crippen molar-refractivity contribution in [2.75, 3.05) is 31.8 Å². The summed E-state index contributed by atoms with van der Waals surface area (Å²) in [6.45, 7) is 2.88. The van der Waals surface area contributed by atoms with Crippen LogP contribution in [-0.4, -0.2) is 38.8 Å². The van der Waals surface area contributed by atoms with E-state index in [1.165, 1.54) is 0 Å². The lowest BCUT2D eigenvalue weighted by molar-refractivity contribution is -0.147. The number of hydrogen-bond acceptors (Lipinski definition) is 7. The molecule has 2 heterocycles. The number of hydrogen-bond donors (Lipinski definition) is 0. The third-order valence-electron chi connectivity index (χ3n) is 5.21. The fourth-order valence-corrected chi connectivity index (χ4v) is 4.19. The maximum atomic E-state index is 13.1. The highest BCUT2D eigenvalue weighted by Gasteiger charge is 2.22. The van der Waals surface area contributed by atoms with Gasteiger partial charge in [-0.15, -0.1) is 11.3 Å². The third kappa shape index (κ3) is 5.64. The van der Waals surface area contributed by atoms with Crippen LogP contribution in [0.3, 0.4) is 0 Å². The van der Waals surface area contributed by atoms with Crippen molar-refractivity contribution in [2.24, 2.45) is 0 Å². The Bertz CT molecular complexity index is 1130. The molecule has 0 aliphatic carbocycles. The summed E-state index contributed by atoms with van der Waals surface area (Å²) >= 11 is 1.55. The number of carbonyl (C=O) groups excluding carboxylic acids is 2. The molecule has 4 rings (SSSR count). The maximum absolute atomic E-state index is 13.1. The van der Waals surface area contributed by atoms with E-state index in [0.29, 0.717) is 42.7 Å². The molecule has 0 spiro atoms. The van der Waals surface area contributed by atoms with Crippen molar-refractivity contribution in [2.45, 2.75) is 19.9 Å². The van der Waals surface area contributed by atoms with Crippen LogP contribution in [-0.2, 0) is 27.3 Å². The van der Waals surface area contributed by atoms with Gasteiger partial charge in [-0.25, -0.2) is 0 Å². The highest BCUT2D eigenvalue weighted by atomic mass is 32.1. The number of carbonyl (C=O) groups is 2. The van der Waals surface area contributed by atoms with Gasteiger partial charge in [0.2, 0.25) is 0 Å². The molecule has 8 heteroatoms. The van der Waals surface area contributed by atoms with E-state index < -0.39 is 5.97 Å². The summed E-state index contributed by atoms with van der Waals surface area (Å²) in [4.78, 5) is 28.1.